The first kappa shape index (κ1) is 19.9. The van der Waals surface area contributed by atoms with Gasteiger partial charge in [-0.3, -0.25) is 9.59 Å². The Morgan fingerprint density at radius 3 is 2.29 bits per heavy atom. The van der Waals surface area contributed by atoms with Crippen LogP contribution in [0.1, 0.15) is 26.6 Å². The van der Waals surface area contributed by atoms with E-state index in [1.807, 2.05) is 57.6 Å². The number of carbonyl (C=O) groups excluding carboxylic acids is 2. The lowest BCUT2D eigenvalue weighted by Crippen LogP contribution is -2.62. The number of carbonyl (C=O) groups is 2. The molecule has 0 aliphatic carbocycles. The molecule has 6 nitrogen and oxygen atoms in total. The number of nitrogens with zero attached hydrogens (tertiary/aromatic N) is 3. The highest BCUT2D eigenvalue weighted by Gasteiger charge is 2.35. The number of rotatable bonds is 5. The molecular formula is C24H24N4O2S. The number of amides is 2. The number of thiazole rings is 1. The Morgan fingerprint density at radius 1 is 0.871 bits per heavy atom. The van der Waals surface area contributed by atoms with E-state index in [-0.39, 0.29) is 23.9 Å². The maximum atomic E-state index is 12.8. The van der Waals surface area contributed by atoms with Crippen LogP contribution in [0.3, 0.4) is 0 Å². The fourth-order valence-corrected chi connectivity index (χ4v) is 4.85. The zero-order valence-electron chi connectivity index (χ0n) is 17.1. The molecule has 0 unspecified atom stereocenters. The summed E-state index contributed by atoms with van der Waals surface area (Å²) < 4.78 is 0. The zero-order valence-corrected chi connectivity index (χ0v) is 17.9. The van der Waals surface area contributed by atoms with Gasteiger partial charge in [0.15, 0.2) is 5.01 Å². The highest BCUT2D eigenvalue weighted by Crippen LogP contribution is 2.22. The summed E-state index contributed by atoms with van der Waals surface area (Å²) in [5, 5.41) is 5.99. The standard InChI is InChI=1S/C24H24N4O2S/c29-23(19-8-6-18(7-9-19)17-4-2-1-3-5-17)28-15-21(16-28)26-20-10-12-27(14-20)24(30)22-25-11-13-31-22/h1-9,11,13,20-21,26H,10,12,14-16H2/t20-/m0/s1. The van der Waals surface area contributed by atoms with Gasteiger partial charge in [0.05, 0.1) is 0 Å². The van der Waals surface area contributed by atoms with Crippen LogP contribution >= 0.6 is 11.3 Å². The van der Waals surface area contributed by atoms with Crippen molar-refractivity contribution in [3.8, 4) is 11.1 Å². The summed E-state index contributed by atoms with van der Waals surface area (Å²) in [6.45, 7) is 2.86. The molecule has 5 rings (SSSR count). The van der Waals surface area contributed by atoms with Crippen LogP contribution in [-0.4, -0.2) is 64.9 Å². The molecule has 2 amide bonds. The van der Waals surface area contributed by atoms with Gasteiger partial charge in [-0.2, -0.15) is 0 Å². The summed E-state index contributed by atoms with van der Waals surface area (Å²) in [5.74, 6) is 0.0910. The van der Waals surface area contributed by atoms with Gasteiger partial charge in [-0.05, 0) is 29.7 Å². The second-order valence-electron chi connectivity index (χ2n) is 8.09. The third-order valence-electron chi connectivity index (χ3n) is 5.97. The Balaban J connectivity index is 1.10. The monoisotopic (exact) mass is 432 g/mol. The predicted octanol–water partition coefficient (Wildman–Crippen LogP) is 3.14. The molecule has 1 aromatic heterocycles. The molecule has 2 saturated heterocycles. The molecule has 2 aromatic carbocycles. The van der Waals surface area contributed by atoms with Crippen molar-refractivity contribution in [2.75, 3.05) is 26.2 Å². The van der Waals surface area contributed by atoms with Gasteiger partial charge in [-0.15, -0.1) is 11.3 Å². The van der Waals surface area contributed by atoms with E-state index in [0.717, 1.165) is 29.7 Å². The molecule has 1 N–H and O–H groups in total. The topological polar surface area (TPSA) is 65.5 Å². The van der Waals surface area contributed by atoms with Crippen LogP contribution in [0.25, 0.3) is 11.1 Å². The average molecular weight is 433 g/mol. The van der Waals surface area contributed by atoms with Crippen LogP contribution in [0.5, 0.6) is 0 Å². The minimum Gasteiger partial charge on any atom is -0.335 e. The lowest BCUT2D eigenvalue weighted by atomic mass is 10.0. The third kappa shape index (κ3) is 4.24. The molecule has 1 atom stereocenters. The van der Waals surface area contributed by atoms with Gasteiger partial charge in [0.2, 0.25) is 0 Å². The van der Waals surface area contributed by atoms with Gasteiger partial charge in [0, 0.05) is 55.4 Å². The Labute approximate surface area is 185 Å². The third-order valence-corrected chi connectivity index (χ3v) is 6.73. The number of hydrogen-bond acceptors (Lipinski definition) is 5. The Hall–Kier alpha value is -3.03. The molecule has 0 saturated carbocycles. The predicted molar refractivity (Wildman–Crippen MR) is 121 cm³/mol. The molecular weight excluding hydrogens is 408 g/mol. The minimum absolute atomic E-state index is 0.0173. The molecule has 3 aromatic rings. The van der Waals surface area contributed by atoms with Crippen molar-refractivity contribution in [1.82, 2.24) is 20.1 Å². The Morgan fingerprint density at radius 2 is 1.58 bits per heavy atom. The lowest BCUT2D eigenvalue weighted by Gasteiger charge is -2.41. The molecule has 158 valence electrons. The maximum absolute atomic E-state index is 12.8. The summed E-state index contributed by atoms with van der Waals surface area (Å²) in [5.41, 5.74) is 2.98. The number of likely N-dealkylation sites (tertiary alicyclic amines) is 2. The summed E-state index contributed by atoms with van der Waals surface area (Å²) in [6.07, 6.45) is 2.60. The van der Waals surface area contributed by atoms with Crippen LogP contribution in [-0.2, 0) is 0 Å². The van der Waals surface area contributed by atoms with Crippen LogP contribution in [0.2, 0.25) is 0 Å². The van der Waals surface area contributed by atoms with E-state index in [1.165, 1.54) is 11.3 Å². The fourth-order valence-electron chi connectivity index (χ4n) is 4.25. The molecule has 7 heteroatoms. The fraction of sp³-hybridized carbons (Fsp3) is 0.292. The highest BCUT2D eigenvalue weighted by atomic mass is 32.1. The second kappa shape index (κ2) is 8.61. The number of nitrogens with one attached hydrogen (secondary N) is 1. The highest BCUT2D eigenvalue weighted by molar-refractivity contribution is 7.11. The smallest absolute Gasteiger partial charge is 0.282 e. The molecule has 2 fully saturated rings. The van der Waals surface area contributed by atoms with Gasteiger partial charge in [-0.25, -0.2) is 4.98 Å². The van der Waals surface area contributed by atoms with E-state index in [2.05, 4.69) is 22.4 Å². The largest absolute Gasteiger partial charge is 0.335 e. The average Bonchev–Trinajstić information content (AvgIpc) is 3.48. The first-order chi connectivity index (χ1) is 15.2. The zero-order chi connectivity index (χ0) is 21.2. The Bertz CT molecular complexity index is 1050. The molecule has 0 spiro atoms. The molecule has 2 aliphatic rings. The van der Waals surface area contributed by atoms with Gasteiger partial charge in [-0.1, -0.05) is 42.5 Å². The Kier molecular flexibility index (Phi) is 5.53. The van der Waals surface area contributed by atoms with E-state index in [9.17, 15) is 9.59 Å². The van der Waals surface area contributed by atoms with Crippen molar-refractivity contribution in [1.29, 1.82) is 0 Å². The maximum Gasteiger partial charge on any atom is 0.282 e. The quantitative estimate of drug-likeness (QED) is 0.673. The van der Waals surface area contributed by atoms with Gasteiger partial charge < -0.3 is 15.1 Å². The number of aromatic nitrogens is 1. The number of benzene rings is 2. The second-order valence-corrected chi connectivity index (χ2v) is 8.99. The van der Waals surface area contributed by atoms with E-state index < -0.39 is 0 Å². The normalized spacial score (nSPS) is 18.8. The van der Waals surface area contributed by atoms with E-state index in [1.54, 1.807) is 6.20 Å². The van der Waals surface area contributed by atoms with Crippen molar-refractivity contribution in [3.63, 3.8) is 0 Å². The molecule has 3 heterocycles. The summed E-state index contributed by atoms with van der Waals surface area (Å²) in [4.78, 5) is 33.1. The van der Waals surface area contributed by atoms with Crippen molar-refractivity contribution >= 4 is 23.2 Å². The van der Waals surface area contributed by atoms with Crippen LogP contribution in [0.4, 0.5) is 0 Å². The lowest BCUT2D eigenvalue weighted by molar-refractivity contribution is 0.0552. The van der Waals surface area contributed by atoms with E-state index in [4.69, 9.17) is 0 Å². The van der Waals surface area contributed by atoms with Gasteiger partial charge >= 0.3 is 0 Å². The summed E-state index contributed by atoms with van der Waals surface area (Å²) in [6, 6.07) is 18.5. The molecule has 0 radical (unpaired) electrons. The first-order valence-corrected chi connectivity index (χ1v) is 11.4. The van der Waals surface area contributed by atoms with Gasteiger partial charge in [0.1, 0.15) is 0 Å². The van der Waals surface area contributed by atoms with Crippen LogP contribution in [0, 0.1) is 0 Å². The SMILES string of the molecule is O=C(c1ccc(-c2ccccc2)cc1)N1CC(N[C@H]2CCN(C(=O)c3nccs3)C2)C1. The van der Waals surface area contributed by atoms with Crippen molar-refractivity contribution < 1.29 is 9.59 Å². The van der Waals surface area contributed by atoms with Crippen molar-refractivity contribution in [2.45, 2.75) is 18.5 Å². The van der Waals surface area contributed by atoms with Crippen LogP contribution < -0.4 is 5.32 Å². The van der Waals surface area contributed by atoms with E-state index >= 15 is 0 Å². The van der Waals surface area contributed by atoms with Crippen molar-refractivity contribution in [3.05, 3.63) is 76.7 Å². The molecule has 2 aliphatic heterocycles. The van der Waals surface area contributed by atoms with Crippen molar-refractivity contribution in [2.24, 2.45) is 0 Å². The van der Waals surface area contributed by atoms with Crippen LogP contribution in [0.15, 0.2) is 66.2 Å². The van der Waals surface area contributed by atoms with Gasteiger partial charge in [0.25, 0.3) is 11.8 Å². The summed E-state index contributed by atoms with van der Waals surface area (Å²) in [7, 11) is 0. The van der Waals surface area contributed by atoms with E-state index in [0.29, 0.717) is 24.6 Å². The summed E-state index contributed by atoms with van der Waals surface area (Å²) >= 11 is 1.38. The molecule has 31 heavy (non-hydrogen) atoms. The number of hydrogen-bond donors (Lipinski definition) is 1. The first-order valence-electron chi connectivity index (χ1n) is 10.6. The minimum atomic E-state index is 0.0173. The molecule has 0 bridgehead atoms.